The predicted molar refractivity (Wildman–Crippen MR) is 50.4 cm³/mol. The quantitative estimate of drug-likeness (QED) is 0.731. The van der Waals surface area contributed by atoms with Crippen LogP contribution in [0.2, 0.25) is 0 Å². The lowest BCUT2D eigenvalue weighted by Crippen LogP contribution is -2.01. The molecular weight excluding hydrogens is 164 g/mol. The maximum atomic E-state index is 5.60. The van der Waals surface area contributed by atoms with E-state index in [1.54, 1.807) is 4.68 Å². The van der Waals surface area contributed by atoms with Gasteiger partial charge in [-0.1, -0.05) is 0 Å². The molecule has 2 aromatic heterocycles. The molecule has 0 spiro atoms. The van der Waals surface area contributed by atoms with Crippen LogP contribution in [0.5, 0.6) is 0 Å². The van der Waals surface area contributed by atoms with E-state index in [1.165, 1.54) is 0 Å². The number of rotatable bonds is 2. The lowest BCUT2D eigenvalue weighted by atomic mass is 10.3. The number of nitrogens with two attached hydrogens (primary N) is 1. The molecule has 0 aliphatic heterocycles. The number of hydrogen-bond donors (Lipinski definition) is 1. The van der Waals surface area contributed by atoms with Gasteiger partial charge in [0, 0.05) is 37.7 Å². The van der Waals surface area contributed by atoms with Crippen LogP contribution >= 0.6 is 0 Å². The third kappa shape index (κ3) is 1.36. The first-order valence-corrected chi connectivity index (χ1v) is 4.17. The Morgan fingerprint density at radius 1 is 1.38 bits per heavy atom. The Kier molecular flexibility index (Phi) is 1.90. The van der Waals surface area contributed by atoms with E-state index in [2.05, 4.69) is 5.10 Å². The van der Waals surface area contributed by atoms with Crippen molar-refractivity contribution in [2.24, 2.45) is 12.8 Å². The van der Waals surface area contributed by atoms with Gasteiger partial charge in [-0.05, 0) is 12.1 Å². The van der Waals surface area contributed by atoms with Crippen molar-refractivity contribution >= 4 is 0 Å². The third-order valence-corrected chi connectivity index (χ3v) is 1.95. The van der Waals surface area contributed by atoms with Crippen LogP contribution in [0.25, 0.3) is 5.82 Å². The molecule has 0 bridgehead atoms. The minimum atomic E-state index is 0.515. The first-order chi connectivity index (χ1) is 6.31. The van der Waals surface area contributed by atoms with Crippen molar-refractivity contribution in [2.75, 3.05) is 0 Å². The van der Waals surface area contributed by atoms with Crippen molar-refractivity contribution in [3.05, 3.63) is 36.3 Å². The summed E-state index contributed by atoms with van der Waals surface area (Å²) >= 11 is 0. The molecule has 0 unspecified atom stereocenters. The fourth-order valence-corrected chi connectivity index (χ4v) is 1.36. The van der Waals surface area contributed by atoms with Crippen molar-refractivity contribution in [3.63, 3.8) is 0 Å². The van der Waals surface area contributed by atoms with Crippen LogP contribution < -0.4 is 5.73 Å². The van der Waals surface area contributed by atoms with E-state index < -0.39 is 0 Å². The van der Waals surface area contributed by atoms with Gasteiger partial charge >= 0.3 is 0 Å². The van der Waals surface area contributed by atoms with Gasteiger partial charge in [0.1, 0.15) is 0 Å². The molecule has 0 radical (unpaired) electrons. The van der Waals surface area contributed by atoms with Gasteiger partial charge < -0.3 is 10.3 Å². The highest BCUT2D eigenvalue weighted by molar-refractivity contribution is 5.32. The minimum absolute atomic E-state index is 0.515. The summed E-state index contributed by atoms with van der Waals surface area (Å²) < 4.78 is 3.74. The highest BCUT2D eigenvalue weighted by Gasteiger charge is 2.06. The molecule has 0 aliphatic carbocycles. The van der Waals surface area contributed by atoms with Crippen LogP contribution in [-0.4, -0.2) is 14.3 Å². The minimum Gasteiger partial charge on any atom is -0.326 e. The summed E-state index contributed by atoms with van der Waals surface area (Å²) in [6.45, 7) is 0.515. The Morgan fingerprint density at radius 3 is 2.69 bits per heavy atom. The zero-order valence-corrected chi connectivity index (χ0v) is 7.51. The van der Waals surface area contributed by atoms with E-state index in [-0.39, 0.29) is 0 Å². The molecule has 2 N–H and O–H groups in total. The smallest absolute Gasteiger partial charge is 0.163 e. The first kappa shape index (κ1) is 8.07. The van der Waals surface area contributed by atoms with Crippen molar-refractivity contribution in [1.82, 2.24) is 14.3 Å². The summed E-state index contributed by atoms with van der Waals surface area (Å²) in [6.07, 6.45) is 5.86. The van der Waals surface area contributed by atoms with E-state index in [1.807, 2.05) is 42.3 Å². The maximum absolute atomic E-state index is 5.60. The summed E-state index contributed by atoms with van der Waals surface area (Å²) in [6, 6.07) is 3.93. The fourth-order valence-electron chi connectivity index (χ4n) is 1.36. The number of nitrogens with zero attached hydrogens (tertiary/aromatic N) is 3. The Hall–Kier alpha value is -1.55. The monoisotopic (exact) mass is 176 g/mol. The molecule has 4 heteroatoms. The molecule has 4 nitrogen and oxygen atoms in total. The highest BCUT2D eigenvalue weighted by atomic mass is 15.3. The largest absolute Gasteiger partial charge is 0.326 e. The van der Waals surface area contributed by atoms with Crippen molar-refractivity contribution in [1.29, 1.82) is 0 Å². The van der Waals surface area contributed by atoms with Gasteiger partial charge in [0.05, 0.1) is 0 Å². The van der Waals surface area contributed by atoms with E-state index in [9.17, 15) is 0 Å². The van der Waals surface area contributed by atoms with Gasteiger partial charge in [-0.2, -0.15) is 5.10 Å². The number of aromatic nitrogens is 3. The molecule has 0 fully saturated rings. The Morgan fingerprint density at radius 2 is 2.08 bits per heavy atom. The van der Waals surface area contributed by atoms with Crippen LogP contribution in [0.4, 0.5) is 0 Å². The zero-order chi connectivity index (χ0) is 9.26. The van der Waals surface area contributed by atoms with Gasteiger partial charge in [-0.25, -0.2) is 0 Å². The molecule has 0 saturated heterocycles. The summed E-state index contributed by atoms with van der Waals surface area (Å²) in [4.78, 5) is 0. The van der Waals surface area contributed by atoms with E-state index in [4.69, 9.17) is 5.73 Å². The summed E-state index contributed by atoms with van der Waals surface area (Å²) in [7, 11) is 1.90. The molecule has 2 aromatic rings. The van der Waals surface area contributed by atoms with Gasteiger partial charge in [0.2, 0.25) is 0 Å². The van der Waals surface area contributed by atoms with E-state index in [0.717, 1.165) is 11.4 Å². The third-order valence-electron chi connectivity index (χ3n) is 1.95. The predicted octanol–water partition coefficient (Wildman–Crippen LogP) is 0.670. The molecule has 68 valence electrons. The van der Waals surface area contributed by atoms with Crippen LogP contribution in [-0.2, 0) is 13.6 Å². The average Bonchev–Trinajstić information content (AvgIpc) is 2.71. The lowest BCUT2D eigenvalue weighted by molar-refractivity contribution is 0.751. The molecular formula is C9H12N4. The second-order valence-electron chi connectivity index (χ2n) is 2.95. The number of hydrogen-bond acceptors (Lipinski definition) is 2. The lowest BCUT2D eigenvalue weighted by Gasteiger charge is -1.99. The zero-order valence-electron chi connectivity index (χ0n) is 7.51. The molecule has 2 heterocycles. The van der Waals surface area contributed by atoms with Crippen molar-refractivity contribution in [2.45, 2.75) is 6.54 Å². The van der Waals surface area contributed by atoms with Gasteiger partial charge in [0.15, 0.2) is 5.82 Å². The normalized spacial score (nSPS) is 10.6. The van der Waals surface area contributed by atoms with Crippen molar-refractivity contribution < 1.29 is 0 Å². The molecule has 0 atom stereocenters. The highest BCUT2D eigenvalue weighted by Crippen LogP contribution is 2.11. The Labute approximate surface area is 76.6 Å². The number of aryl methyl sites for hydroxylation is 1. The van der Waals surface area contributed by atoms with Crippen LogP contribution in [0, 0.1) is 0 Å². The summed E-state index contributed by atoms with van der Waals surface area (Å²) in [5, 5.41) is 4.32. The van der Waals surface area contributed by atoms with Gasteiger partial charge in [-0.15, -0.1) is 0 Å². The molecule has 0 amide bonds. The van der Waals surface area contributed by atoms with Gasteiger partial charge in [-0.3, -0.25) is 4.68 Å². The Balaban J connectivity index is 2.50. The van der Waals surface area contributed by atoms with Crippen LogP contribution in [0.1, 0.15) is 5.56 Å². The molecule has 0 aliphatic rings. The first-order valence-electron chi connectivity index (χ1n) is 4.17. The Bertz CT molecular complexity index is 386. The molecule has 2 rings (SSSR count). The van der Waals surface area contributed by atoms with Crippen LogP contribution in [0.3, 0.4) is 0 Å². The molecule has 0 saturated carbocycles. The standard InChI is InChI=1S/C9H12N4/c1-12-7-8(6-10)9(11-12)13-4-2-3-5-13/h2-5,7H,6,10H2,1H3. The van der Waals surface area contributed by atoms with E-state index >= 15 is 0 Å². The second-order valence-corrected chi connectivity index (χ2v) is 2.95. The van der Waals surface area contributed by atoms with E-state index in [0.29, 0.717) is 6.54 Å². The second kappa shape index (κ2) is 3.06. The fraction of sp³-hybridized carbons (Fsp3) is 0.222. The summed E-state index contributed by atoms with van der Waals surface area (Å²) in [5.74, 6) is 0.912. The van der Waals surface area contributed by atoms with Crippen molar-refractivity contribution in [3.8, 4) is 5.82 Å². The van der Waals surface area contributed by atoms with Crippen LogP contribution in [0.15, 0.2) is 30.7 Å². The SMILES string of the molecule is Cn1cc(CN)c(-n2cccc2)n1. The topological polar surface area (TPSA) is 48.8 Å². The summed E-state index contributed by atoms with van der Waals surface area (Å²) in [5.41, 5.74) is 6.66. The molecule has 0 aromatic carbocycles. The maximum Gasteiger partial charge on any atom is 0.163 e. The van der Waals surface area contributed by atoms with Gasteiger partial charge in [0.25, 0.3) is 0 Å². The average molecular weight is 176 g/mol. The molecule has 13 heavy (non-hydrogen) atoms.